The highest BCUT2D eigenvalue weighted by atomic mass is 16.4. The van der Waals surface area contributed by atoms with E-state index in [1.807, 2.05) is 6.08 Å². The molecule has 0 aliphatic carbocycles. The lowest BCUT2D eigenvalue weighted by Gasteiger charge is -1.93. The van der Waals surface area contributed by atoms with E-state index in [9.17, 15) is 0 Å². The molecule has 10 heteroatoms. The van der Waals surface area contributed by atoms with Gasteiger partial charge in [-0.2, -0.15) is 0 Å². The molecule has 0 radical (unpaired) electrons. The molecule has 0 aromatic carbocycles. The number of nitrogens with two attached hydrogens (primary N) is 1. The van der Waals surface area contributed by atoms with E-state index < -0.39 is 23.9 Å². The van der Waals surface area contributed by atoms with Crippen LogP contribution in [0.15, 0.2) is 12.7 Å². The summed E-state index contributed by atoms with van der Waals surface area (Å²) in [5.74, 6) is -3.33. The third-order valence-electron chi connectivity index (χ3n) is 0.610. The normalized spacial score (nSPS) is 7.00. The lowest BCUT2D eigenvalue weighted by molar-refractivity contribution is -0.135. The van der Waals surface area contributed by atoms with Crippen molar-refractivity contribution in [3.63, 3.8) is 0 Å². The molecule has 0 bridgehead atoms. The molecule has 7 N–H and O–H groups in total. The van der Waals surface area contributed by atoms with Crippen molar-refractivity contribution in [2.24, 2.45) is 5.73 Å². The van der Waals surface area contributed by atoms with Crippen LogP contribution in [0.2, 0.25) is 0 Å². The zero-order valence-electron chi connectivity index (χ0n) is 13.9. The highest BCUT2D eigenvalue weighted by molar-refractivity contribution is 5.63. The molecule has 0 aliphatic rings. The largest absolute Gasteiger partial charge is 0.481 e. The molecule has 0 amide bonds. The SMILES string of the molecule is C=CCNCCN.CC(=O)O.CC(=O)O.CC(=O)O.CC(=O)O. The molecule has 0 fully saturated rings. The second-order valence-corrected chi connectivity index (χ2v) is 3.36. The second-order valence-electron chi connectivity index (χ2n) is 3.36. The number of rotatable bonds is 4. The second kappa shape index (κ2) is 31.8. The predicted molar refractivity (Wildman–Crippen MR) is 85.4 cm³/mol. The molecule has 0 atom stereocenters. The summed E-state index contributed by atoms with van der Waals surface area (Å²) in [5, 5.41) is 32.7. The summed E-state index contributed by atoms with van der Waals surface area (Å²) in [4.78, 5) is 36.0. The number of carboxylic acids is 4. The van der Waals surface area contributed by atoms with Gasteiger partial charge in [0.25, 0.3) is 23.9 Å². The van der Waals surface area contributed by atoms with Gasteiger partial charge in [0.2, 0.25) is 0 Å². The third-order valence-corrected chi connectivity index (χ3v) is 0.610. The molecule has 23 heavy (non-hydrogen) atoms. The minimum atomic E-state index is -0.833. The van der Waals surface area contributed by atoms with Gasteiger partial charge in [0.15, 0.2) is 0 Å². The van der Waals surface area contributed by atoms with Crippen LogP contribution in [0.1, 0.15) is 27.7 Å². The molecule has 0 rings (SSSR count). The molecule has 10 nitrogen and oxygen atoms in total. The van der Waals surface area contributed by atoms with Gasteiger partial charge in [-0.25, -0.2) is 0 Å². The van der Waals surface area contributed by atoms with Crippen LogP contribution in [0, 0.1) is 0 Å². The van der Waals surface area contributed by atoms with Gasteiger partial charge >= 0.3 is 0 Å². The van der Waals surface area contributed by atoms with E-state index in [0.717, 1.165) is 40.8 Å². The van der Waals surface area contributed by atoms with Crippen molar-refractivity contribution < 1.29 is 39.6 Å². The van der Waals surface area contributed by atoms with Gasteiger partial charge in [-0.15, -0.1) is 6.58 Å². The third kappa shape index (κ3) is 2530. The Morgan fingerprint density at radius 1 is 0.870 bits per heavy atom. The Labute approximate surface area is 135 Å². The van der Waals surface area contributed by atoms with Crippen LogP contribution in [0.3, 0.4) is 0 Å². The number of carboxylic acid groups (broad SMARTS) is 4. The molecule has 0 spiro atoms. The molecule has 0 heterocycles. The van der Waals surface area contributed by atoms with Crippen molar-refractivity contribution in [1.29, 1.82) is 0 Å². The topological polar surface area (TPSA) is 187 Å². The van der Waals surface area contributed by atoms with Crippen molar-refractivity contribution in [2.75, 3.05) is 19.6 Å². The van der Waals surface area contributed by atoms with Crippen LogP contribution in [0.4, 0.5) is 0 Å². The molecular formula is C13H28N2O8. The fraction of sp³-hybridized carbons (Fsp3) is 0.538. The lowest BCUT2D eigenvalue weighted by atomic mass is 10.6. The molecule has 138 valence electrons. The first-order valence-corrected chi connectivity index (χ1v) is 6.14. The van der Waals surface area contributed by atoms with Gasteiger partial charge in [-0.05, 0) is 0 Å². The summed E-state index contributed by atoms with van der Waals surface area (Å²) in [6, 6.07) is 0. The minimum Gasteiger partial charge on any atom is -0.481 e. The monoisotopic (exact) mass is 340 g/mol. The molecule has 0 aliphatic heterocycles. The summed E-state index contributed by atoms with van der Waals surface area (Å²) >= 11 is 0. The van der Waals surface area contributed by atoms with Gasteiger partial charge in [-0.1, -0.05) is 6.08 Å². The Balaban J connectivity index is -0.0000000604. The van der Waals surface area contributed by atoms with Gasteiger partial charge in [-0.3, -0.25) is 19.2 Å². The first kappa shape index (κ1) is 32.5. The highest BCUT2D eigenvalue weighted by Gasteiger charge is 1.73. The van der Waals surface area contributed by atoms with Crippen molar-refractivity contribution >= 4 is 23.9 Å². The van der Waals surface area contributed by atoms with Crippen molar-refractivity contribution in [2.45, 2.75) is 27.7 Å². The van der Waals surface area contributed by atoms with E-state index in [1.165, 1.54) is 0 Å². The number of nitrogens with one attached hydrogen (secondary N) is 1. The number of carbonyl (C=O) groups is 4. The van der Waals surface area contributed by atoms with Crippen molar-refractivity contribution in [3.8, 4) is 0 Å². The summed E-state index contributed by atoms with van der Waals surface area (Å²) in [6.07, 6.45) is 1.82. The van der Waals surface area contributed by atoms with Crippen molar-refractivity contribution in [1.82, 2.24) is 5.32 Å². The van der Waals surface area contributed by atoms with Crippen LogP contribution in [0.5, 0.6) is 0 Å². The zero-order valence-corrected chi connectivity index (χ0v) is 13.9. The van der Waals surface area contributed by atoms with E-state index >= 15 is 0 Å². The molecule has 0 saturated heterocycles. The van der Waals surface area contributed by atoms with Gasteiger partial charge in [0, 0.05) is 47.3 Å². The van der Waals surface area contributed by atoms with E-state index in [2.05, 4.69) is 11.9 Å². The maximum atomic E-state index is 9.00. The van der Waals surface area contributed by atoms with Gasteiger partial charge in [0.1, 0.15) is 0 Å². The number of aliphatic carboxylic acids is 4. The zero-order chi connectivity index (χ0) is 19.8. The summed E-state index contributed by atoms with van der Waals surface area (Å²) < 4.78 is 0. The molecule has 0 saturated carbocycles. The average Bonchev–Trinajstić information content (AvgIpc) is 2.26. The summed E-state index contributed by atoms with van der Waals surface area (Å²) in [5.41, 5.74) is 5.17. The standard InChI is InChI=1S/C5H12N2.4C2H4O2/c1-2-4-7-5-3-6;4*1-2(3)4/h2,7H,1,3-6H2;4*1H3,(H,3,4). The average molecular weight is 340 g/mol. The minimum absolute atomic E-state index is 0.702. The Morgan fingerprint density at radius 3 is 1.22 bits per heavy atom. The van der Waals surface area contributed by atoms with Crippen LogP contribution in [0.25, 0.3) is 0 Å². The molecule has 0 aromatic heterocycles. The van der Waals surface area contributed by atoms with Gasteiger partial charge in [0.05, 0.1) is 0 Å². The van der Waals surface area contributed by atoms with Crippen LogP contribution < -0.4 is 11.1 Å². The molecular weight excluding hydrogens is 312 g/mol. The summed E-state index contributed by atoms with van der Waals surface area (Å²) in [7, 11) is 0. The predicted octanol–water partition coefficient (Wildman–Crippen LogP) is 0.0843. The van der Waals surface area contributed by atoms with E-state index in [0.29, 0.717) is 6.54 Å². The molecule has 0 aromatic rings. The van der Waals surface area contributed by atoms with Crippen molar-refractivity contribution in [3.05, 3.63) is 12.7 Å². The quantitative estimate of drug-likeness (QED) is 0.302. The van der Waals surface area contributed by atoms with Gasteiger partial charge < -0.3 is 31.5 Å². The maximum absolute atomic E-state index is 9.00. The Kier molecular flexibility index (Phi) is 44.9. The fourth-order valence-electron chi connectivity index (χ4n) is 0.306. The maximum Gasteiger partial charge on any atom is 0.300 e. The first-order chi connectivity index (χ1) is 10.3. The van der Waals surface area contributed by atoms with Crippen LogP contribution in [-0.2, 0) is 19.2 Å². The Bertz CT molecular complexity index is 255. The van der Waals surface area contributed by atoms with E-state index in [-0.39, 0.29) is 0 Å². The van der Waals surface area contributed by atoms with Crippen LogP contribution in [-0.4, -0.2) is 63.9 Å². The smallest absolute Gasteiger partial charge is 0.300 e. The lowest BCUT2D eigenvalue weighted by Crippen LogP contribution is -2.21. The highest BCUT2D eigenvalue weighted by Crippen LogP contribution is 1.55. The van der Waals surface area contributed by atoms with E-state index in [1.54, 1.807) is 0 Å². The summed E-state index contributed by atoms with van der Waals surface area (Å²) in [6.45, 7) is 10.3. The molecule has 0 unspecified atom stereocenters. The number of hydrogen-bond acceptors (Lipinski definition) is 6. The first-order valence-electron chi connectivity index (χ1n) is 6.14. The fourth-order valence-corrected chi connectivity index (χ4v) is 0.306. The Hall–Kier alpha value is -2.46. The van der Waals surface area contributed by atoms with E-state index in [4.69, 9.17) is 45.3 Å². The number of hydrogen-bond donors (Lipinski definition) is 6. The Morgan fingerprint density at radius 2 is 1.09 bits per heavy atom. The van der Waals surface area contributed by atoms with Crippen LogP contribution >= 0.6 is 0 Å².